The predicted octanol–water partition coefficient (Wildman–Crippen LogP) is 8.64. The molecule has 0 amide bonds. The zero-order valence-corrected chi connectivity index (χ0v) is 27.1. The van der Waals surface area contributed by atoms with Gasteiger partial charge in [0.15, 0.2) is 0 Å². The van der Waals surface area contributed by atoms with E-state index in [2.05, 4.69) is 76.3 Å². The van der Waals surface area contributed by atoms with Crippen LogP contribution in [-0.2, 0) is 0 Å². The third-order valence-corrected chi connectivity index (χ3v) is 10.9. The second kappa shape index (κ2) is 12.4. The van der Waals surface area contributed by atoms with E-state index in [9.17, 15) is 10.2 Å². The zero-order valence-electron chi connectivity index (χ0n) is 27.1. The van der Waals surface area contributed by atoms with Crippen LogP contribution in [0.5, 0.6) is 11.5 Å². The summed E-state index contributed by atoms with van der Waals surface area (Å²) in [6.45, 7) is 12.8. The molecule has 0 aromatic heterocycles. The average Bonchev–Trinajstić information content (AvgIpc) is 3.50. The number of fused-ring (bicyclic) bond motifs is 2. The molecule has 0 bridgehead atoms. The van der Waals surface area contributed by atoms with Gasteiger partial charge in [-0.1, -0.05) is 74.6 Å². The molecule has 2 N–H and O–H groups in total. The Morgan fingerprint density at radius 2 is 1.00 bits per heavy atom. The van der Waals surface area contributed by atoms with Crippen molar-refractivity contribution in [1.82, 2.24) is 0 Å². The van der Waals surface area contributed by atoms with Gasteiger partial charge in [-0.25, -0.2) is 0 Å². The molecule has 0 spiro atoms. The summed E-state index contributed by atoms with van der Waals surface area (Å²) in [7, 11) is 0. The third-order valence-electron chi connectivity index (χ3n) is 10.9. The maximum Gasteiger partial charge on any atom is 0.127 e. The zero-order chi connectivity index (χ0) is 31.1. The fraction of sp³-hybridized carbons (Fsp3) is 0.450. The molecular formula is C40H48N2O2. The summed E-state index contributed by atoms with van der Waals surface area (Å²) in [4.78, 5) is 11.0. The standard InChI is InChI=1S/C40H48N2O2/c1-23-15-27(5)39(43)31(17-23)21-41-37(35-25(3)19-29-11-7-9-13-33(29)35)38(36-26(4)20-30-12-8-10-14-34(30)36)42-22-32-18-24(2)16-28(6)40(32)44/h7-18,21-22,25-26,29-30,33-38,43-44H,19-20H2,1-6H3. The number of aromatic hydroxyl groups is 2. The van der Waals surface area contributed by atoms with E-state index in [-0.39, 0.29) is 12.1 Å². The molecule has 2 aromatic carbocycles. The Hall–Kier alpha value is -3.66. The number of hydrogen-bond acceptors (Lipinski definition) is 4. The molecule has 0 heterocycles. The van der Waals surface area contributed by atoms with Crippen molar-refractivity contribution in [2.24, 2.45) is 57.3 Å². The molecule has 2 aromatic rings. The molecule has 2 saturated carbocycles. The average molecular weight is 589 g/mol. The Bertz CT molecular complexity index is 1460. The van der Waals surface area contributed by atoms with Gasteiger partial charge in [-0.3, -0.25) is 9.98 Å². The molecule has 0 aliphatic heterocycles. The lowest BCUT2D eigenvalue weighted by atomic mass is 9.71. The van der Waals surface area contributed by atoms with E-state index < -0.39 is 0 Å². The summed E-state index contributed by atoms with van der Waals surface area (Å²) in [6, 6.07) is 7.90. The molecule has 4 nitrogen and oxygen atoms in total. The molecule has 10 atom stereocenters. The first-order valence-electron chi connectivity index (χ1n) is 16.5. The lowest BCUT2D eigenvalue weighted by molar-refractivity contribution is 0.195. The van der Waals surface area contributed by atoms with Gasteiger partial charge in [0.05, 0.1) is 12.1 Å². The minimum atomic E-state index is -0.0915. The van der Waals surface area contributed by atoms with Crippen LogP contribution in [0.15, 0.2) is 82.9 Å². The maximum atomic E-state index is 11.0. The molecule has 4 heteroatoms. The van der Waals surface area contributed by atoms with Gasteiger partial charge in [-0.2, -0.15) is 0 Å². The van der Waals surface area contributed by atoms with E-state index in [1.807, 2.05) is 50.5 Å². The van der Waals surface area contributed by atoms with Crippen LogP contribution in [0.4, 0.5) is 0 Å². The lowest BCUT2D eigenvalue weighted by Gasteiger charge is -2.39. The minimum absolute atomic E-state index is 0.0915. The Labute approximate surface area is 263 Å². The first-order chi connectivity index (χ1) is 21.1. The van der Waals surface area contributed by atoms with Gasteiger partial charge < -0.3 is 10.2 Å². The van der Waals surface area contributed by atoms with Gasteiger partial charge in [0.1, 0.15) is 11.5 Å². The summed E-state index contributed by atoms with van der Waals surface area (Å²) in [5.74, 6) is 3.93. The highest BCUT2D eigenvalue weighted by atomic mass is 16.3. The highest BCUT2D eigenvalue weighted by Gasteiger charge is 2.51. The van der Waals surface area contributed by atoms with E-state index in [4.69, 9.17) is 9.98 Å². The molecule has 4 aliphatic rings. The summed E-state index contributed by atoms with van der Waals surface area (Å²) in [6.07, 6.45) is 24.5. The number of aryl methyl sites for hydroxylation is 4. The van der Waals surface area contributed by atoms with Crippen LogP contribution in [0.1, 0.15) is 60.1 Å². The van der Waals surface area contributed by atoms with E-state index in [1.165, 1.54) is 0 Å². The SMILES string of the molecule is Cc1cc(C)c(O)c(C=NC(C(N=Cc2cc(C)cc(C)c2O)C2C(C)CC3C=CC=CC32)C2C(C)CC3C=CC=CC32)c1. The quantitative estimate of drug-likeness (QED) is 0.318. The highest BCUT2D eigenvalue weighted by Crippen LogP contribution is 2.53. The number of rotatable bonds is 7. The van der Waals surface area contributed by atoms with Gasteiger partial charge in [-0.05, 0) is 122 Å². The fourth-order valence-corrected chi connectivity index (χ4v) is 9.05. The Morgan fingerprint density at radius 1 is 0.614 bits per heavy atom. The van der Waals surface area contributed by atoms with Crippen LogP contribution >= 0.6 is 0 Å². The number of nitrogens with zero attached hydrogens (tertiary/aromatic N) is 2. The fourth-order valence-electron chi connectivity index (χ4n) is 9.05. The smallest absolute Gasteiger partial charge is 0.127 e. The molecule has 0 radical (unpaired) electrons. The summed E-state index contributed by atoms with van der Waals surface area (Å²) < 4.78 is 0. The van der Waals surface area contributed by atoms with E-state index >= 15 is 0 Å². The number of phenols is 2. The second-order valence-corrected chi connectivity index (χ2v) is 14.2. The first-order valence-corrected chi connectivity index (χ1v) is 16.5. The van der Waals surface area contributed by atoms with Crippen molar-refractivity contribution in [3.8, 4) is 11.5 Å². The Balaban J connectivity index is 1.51. The monoisotopic (exact) mass is 588 g/mol. The van der Waals surface area contributed by atoms with Gasteiger partial charge in [0.2, 0.25) is 0 Å². The number of allylic oxidation sites excluding steroid dienone is 8. The first kappa shape index (κ1) is 30.4. The summed E-state index contributed by atoms with van der Waals surface area (Å²) in [5.41, 5.74) is 5.48. The molecule has 0 saturated heterocycles. The molecule has 230 valence electrons. The van der Waals surface area contributed by atoms with Gasteiger partial charge >= 0.3 is 0 Å². The predicted molar refractivity (Wildman–Crippen MR) is 183 cm³/mol. The topological polar surface area (TPSA) is 65.2 Å². The van der Waals surface area contributed by atoms with E-state index in [0.29, 0.717) is 58.8 Å². The van der Waals surface area contributed by atoms with Crippen molar-refractivity contribution >= 4 is 12.4 Å². The number of benzene rings is 2. The molecule has 2 fully saturated rings. The molecular weight excluding hydrogens is 540 g/mol. The Kier molecular flexibility index (Phi) is 8.55. The van der Waals surface area contributed by atoms with Crippen LogP contribution in [-0.4, -0.2) is 34.7 Å². The molecule has 4 aliphatic carbocycles. The highest BCUT2D eigenvalue weighted by molar-refractivity contribution is 5.85. The van der Waals surface area contributed by atoms with Crippen molar-refractivity contribution in [1.29, 1.82) is 0 Å². The largest absolute Gasteiger partial charge is 0.507 e. The molecule has 44 heavy (non-hydrogen) atoms. The van der Waals surface area contributed by atoms with Crippen LogP contribution in [0.25, 0.3) is 0 Å². The second-order valence-electron chi connectivity index (χ2n) is 14.2. The van der Waals surface area contributed by atoms with E-state index in [1.54, 1.807) is 0 Å². The summed E-state index contributed by atoms with van der Waals surface area (Å²) in [5, 5.41) is 22.1. The Morgan fingerprint density at radius 3 is 1.41 bits per heavy atom. The van der Waals surface area contributed by atoms with Crippen molar-refractivity contribution in [2.45, 2.75) is 66.5 Å². The van der Waals surface area contributed by atoms with Gasteiger partial charge in [-0.15, -0.1) is 0 Å². The maximum absolute atomic E-state index is 11.0. The van der Waals surface area contributed by atoms with Crippen molar-refractivity contribution in [2.75, 3.05) is 0 Å². The van der Waals surface area contributed by atoms with E-state index in [0.717, 1.165) is 46.2 Å². The van der Waals surface area contributed by atoms with Crippen LogP contribution in [0.2, 0.25) is 0 Å². The number of hydrogen-bond donors (Lipinski definition) is 2. The van der Waals surface area contributed by atoms with Crippen LogP contribution in [0, 0.1) is 75.0 Å². The normalized spacial score (nSPS) is 32.0. The van der Waals surface area contributed by atoms with Crippen molar-refractivity contribution in [3.05, 3.63) is 106 Å². The lowest BCUT2D eigenvalue weighted by Crippen LogP contribution is -2.43. The van der Waals surface area contributed by atoms with Crippen molar-refractivity contribution in [3.63, 3.8) is 0 Å². The van der Waals surface area contributed by atoms with Crippen LogP contribution in [0.3, 0.4) is 0 Å². The molecule has 10 unspecified atom stereocenters. The molecule has 6 rings (SSSR count). The van der Waals surface area contributed by atoms with Crippen molar-refractivity contribution < 1.29 is 10.2 Å². The van der Waals surface area contributed by atoms with Gasteiger partial charge in [0, 0.05) is 23.6 Å². The minimum Gasteiger partial charge on any atom is -0.507 e. The number of aliphatic imine (C=N–C) groups is 2. The third kappa shape index (κ3) is 5.76. The van der Waals surface area contributed by atoms with Crippen LogP contribution < -0.4 is 0 Å². The summed E-state index contributed by atoms with van der Waals surface area (Å²) >= 11 is 0. The number of phenolic OH excluding ortho intramolecular Hbond substituents is 2. The van der Waals surface area contributed by atoms with Gasteiger partial charge in [0.25, 0.3) is 0 Å².